The predicted molar refractivity (Wildman–Crippen MR) is 39.4 cm³/mol. The lowest BCUT2D eigenvalue weighted by molar-refractivity contribution is -0.122. The molecule has 0 aliphatic carbocycles. The van der Waals surface area contributed by atoms with Gasteiger partial charge in [0.05, 0.1) is 12.1 Å². The molecule has 1 amide bonds. The maximum atomic E-state index is 12.6. The lowest BCUT2D eigenvalue weighted by Crippen LogP contribution is -2.21. The van der Waals surface area contributed by atoms with Gasteiger partial charge in [-0.15, -0.1) is 0 Å². The Morgan fingerprint density at radius 2 is 2.25 bits per heavy atom. The van der Waals surface area contributed by atoms with Crippen molar-refractivity contribution in [3.8, 4) is 0 Å². The lowest BCUT2D eigenvalue weighted by Gasteiger charge is -2.06. The van der Waals surface area contributed by atoms with Crippen LogP contribution in [0.5, 0.6) is 0 Å². The van der Waals surface area contributed by atoms with Crippen LogP contribution in [0.2, 0.25) is 0 Å². The zero-order valence-electron chi connectivity index (χ0n) is 6.12. The van der Waals surface area contributed by atoms with Crippen molar-refractivity contribution in [1.82, 2.24) is 0 Å². The van der Waals surface area contributed by atoms with Crippen molar-refractivity contribution in [2.24, 2.45) is 0 Å². The van der Waals surface area contributed by atoms with Crippen molar-refractivity contribution in [3.63, 3.8) is 0 Å². The van der Waals surface area contributed by atoms with E-state index < -0.39 is 11.7 Å². The molecule has 0 atom stereocenters. The molecule has 3 nitrogen and oxygen atoms in total. The molecule has 0 unspecified atom stereocenters. The molecule has 1 aromatic rings. The monoisotopic (exact) mass is 167 g/mol. The summed E-state index contributed by atoms with van der Waals surface area (Å²) in [6.45, 7) is 0. The van der Waals surface area contributed by atoms with Crippen LogP contribution >= 0.6 is 0 Å². The fourth-order valence-corrected chi connectivity index (χ4v) is 1.27. The largest absolute Gasteiger partial charge is 0.281 e. The SMILES string of the molecule is O=C1Cc2cc(F)ccc2N1O. The summed E-state index contributed by atoms with van der Waals surface area (Å²) in [5.41, 5.74) is 0.906. The third-order valence-electron chi connectivity index (χ3n) is 1.85. The smallest absolute Gasteiger partial charge is 0.255 e. The van der Waals surface area contributed by atoms with Gasteiger partial charge < -0.3 is 0 Å². The highest BCUT2D eigenvalue weighted by atomic mass is 19.1. The minimum Gasteiger partial charge on any atom is -0.281 e. The Kier molecular flexibility index (Phi) is 1.38. The summed E-state index contributed by atoms with van der Waals surface area (Å²) in [4.78, 5) is 10.9. The lowest BCUT2D eigenvalue weighted by atomic mass is 10.2. The number of rotatable bonds is 0. The Bertz CT molecular complexity index is 351. The summed E-state index contributed by atoms with van der Waals surface area (Å²) in [6.07, 6.45) is 0.0730. The molecule has 0 saturated carbocycles. The molecule has 1 N–H and O–H groups in total. The molecule has 0 aromatic heterocycles. The normalized spacial score (nSPS) is 15.2. The topological polar surface area (TPSA) is 40.5 Å². The second kappa shape index (κ2) is 2.28. The van der Waals surface area contributed by atoms with Crippen LogP contribution < -0.4 is 5.06 Å². The number of carbonyl (C=O) groups is 1. The molecule has 0 bridgehead atoms. The number of nitrogens with zero attached hydrogens (tertiary/aromatic N) is 1. The van der Waals surface area contributed by atoms with Gasteiger partial charge in [0.2, 0.25) is 0 Å². The first-order valence-electron chi connectivity index (χ1n) is 3.49. The van der Waals surface area contributed by atoms with Gasteiger partial charge in [-0.1, -0.05) is 0 Å². The molecule has 12 heavy (non-hydrogen) atoms. The average molecular weight is 167 g/mol. The molecule has 0 radical (unpaired) electrons. The Morgan fingerprint density at radius 3 is 3.00 bits per heavy atom. The van der Waals surface area contributed by atoms with E-state index in [4.69, 9.17) is 5.21 Å². The molecule has 2 rings (SSSR count). The Labute approximate surface area is 68.0 Å². The number of anilines is 1. The predicted octanol–water partition coefficient (Wildman–Crippen LogP) is 1.10. The number of carbonyl (C=O) groups excluding carboxylic acids is 1. The van der Waals surface area contributed by atoms with Crippen molar-refractivity contribution in [2.75, 3.05) is 5.06 Å². The molecule has 62 valence electrons. The molecule has 0 spiro atoms. The molecule has 4 heteroatoms. The Balaban J connectivity index is 2.54. The van der Waals surface area contributed by atoms with E-state index in [-0.39, 0.29) is 6.42 Å². The maximum absolute atomic E-state index is 12.6. The second-order valence-electron chi connectivity index (χ2n) is 2.66. The van der Waals surface area contributed by atoms with E-state index in [9.17, 15) is 9.18 Å². The van der Waals surface area contributed by atoms with Crippen LogP contribution in [0.15, 0.2) is 18.2 Å². The molecule has 1 aliphatic rings. The maximum Gasteiger partial charge on any atom is 0.255 e. The van der Waals surface area contributed by atoms with Crippen LogP contribution in [0, 0.1) is 5.82 Å². The molecular formula is C8H6FNO2. The average Bonchev–Trinajstić information content (AvgIpc) is 2.28. The van der Waals surface area contributed by atoms with Crippen LogP contribution in [0.1, 0.15) is 5.56 Å². The van der Waals surface area contributed by atoms with Gasteiger partial charge in [0.1, 0.15) is 5.82 Å². The fourth-order valence-electron chi connectivity index (χ4n) is 1.27. The van der Waals surface area contributed by atoms with Gasteiger partial charge in [0, 0.05) is 0 Å². The summed E-state index contributed by atoms with van der Waals surface area (Å²) in [6, 6.07) is 3.85. The highest BCUT2D eigenvalue weighted by molar-refractivity contribution is 5.99. The summed E-state index contributed by atoms with van der Waals surface area (Å²) >= 11 is 0. The van der Waals surface area contributed by atoms with Crippen LogP contribution in [0.3, 0.4) is 0 Å². The van der Waals surface area contributed by atoms with Crippen LogP contribution in [-0.4, -0.2) is 11.1 Å². The van der Waals surface area contributed by atoms with Crippen molar-refractivity contribution in [3.05, 3.63) is 29.6 Å². The van der Waals surface area contributed by atoms with Crippen molar-refractivity contribution < 1.29 is 14.4 Å². The third-order valence-corrected chi connectivity index (χ3v) is 1.85. The van der Waals surface area contributed by atoms with Gasteiger partial charge in [0.25, 0.3) is 5.91 Å². The van der Waals surface area contributed by atoms with Crippen molar-refractivity contribution in [2.45, 2.75) is 6.42 Å². The van der Waals surface area contributed by atoms with E-state index in [2.05, 4.69) is 0 Å². The number of amides is 1. The molecule has 0 fully saturated rings. The van der Waals surface area contributed by atoms with E-state index in [0.29, 0.717) is 16.3 Å². The summed E-state index contributed by atoms with van der Waals surface area (Å²) < 4.78 is 12.6. The number of halogens is 1. The summed E-state index contributed by atoms with van der Waals surface area (Å²) in [5, 5.41) is 9.65. The highest BCUT2D eigenvalue weighted by Crippen LogP contribution is 2.27. The van der Waals surface area contributed by atoms with E-state index in [1.807, 2.05) is 0 Å². The van der Waals surface area contributed by atoms with Crippen molar-refractivity contribution >= 4 is 11.6 Å². The fraction of sp³-hybridized carbons (Fsp3) is 0.125. The van der Waals surface area contributed by atoms with E-state index in [1.165, 1.54) is 18.2 Å². The van der Waals surface area contributed by atoms with Crippen molar-refractivity contribution in [1.29, 1.82) is 0 Å². The first kappa shape index (κ1) is 7.24. The first-order valence-corrected chi connectivity index (χ1v) is 3.49. The molecule has 1 aromatic carbocycles. The van der Waals surface area contributed by atoms with Gasteiger partial charge in [-0.05, 0) is 23.8 Å². The van der Waals surface area contributed by atoms with Gasteiger partial charge in [-0.25, -0.2) is 4.39 Å². The number of hydrogen-bond donors (Lipinski definition) is 1. The number of fused-ring (bicyclic) bond motifs is 1. The van der Waals surface area contributed by atoms with Crippen LogP contribution in [0.4, 0.5) is 10.1 Å². The van der Waals surface area contributed by atoms with Gasteiger partial charge >= 0.3 is 0 Å². The minimum atomic E-state index is -0.421. The number of hydrogen-bond acceptors (Lipinski definition) is 2. The zero-order valence-corrected chi connectivity index (χ0v) is 6.12. The van der Waals surface area contributed by atoms with E-state index >= 15 is 0 Å². The number of benzene rings is 1. The molecular weight excluding hydrogens is 161 g/mol. The third kappa shape index (κ3) is 0.887. The van der Waals surface area contributed by atoms with E-state index in [1.54, 1.807) is 0 Å². The molecule has 1 aliphatic heterocycles. The number of hydroxylamine groups is 1. The summed E-state index contributed by atoms with van der Waals surface area (Å²) in [5.74, 6) is -0.813. The van der Waals surface area contributed by atoms with Crippen LogP contribution in [-0.2, 0) is 11.2 Å². The molecule has 0 saturated heterocycles. The Hall–Kier alpha value is -1.42. The quantitative estimate of drug-likeness (QED) is 0.588. The Morgan fingerprint density at radius 1 is 1.50 bits per heavy atom. The minimum absolute atomic E-state index is 0.0730. The van der Waals surface area contributed by atoms with Gasteiger partial charge in [0.15, 0.2) is 0 Å². The first-order chi connectivity index (χ1) is 5.68. The second-order valence-corrected chi connectivity index (χ2v) is 2.66. The highest BCUT2D eigenvalue weighted by Gasteiger charge is 2.25. The van der Waals surface area contributed by atoms with Crippen LogP contribution in [0.25, 0.3) is 0 Å². The summed E-state index contributed by atoms with van der Waals surface area (Å²) in [7, 11) is 0. The zero-order chi connectivity index (χ0) is 8.72. The van der Waals surface area contributed by atoms with Gasteiger partial charge in [-0.3, -0.25) is 10.0 Å². The molecule has 1 heterocycles. The van der Waals surface area contributed by atoms with Gasteiger partial charge in [-0.2, -0.15) is 5.06 Å². The standard InChI is InChI=1S/C8H6FNO2/c9-6-1-2-7-5(3-6)4-8(11)10(7)12/h1-3,12H,4H2. The van der Waals surface area contributed by atoms with E-state index in [0.717, 1.165) is 0 Å².